The highest BCUT2D eigenvalue weighted by Gasteiger charge is 2.31. The van der Waals surface area contributed by atoms with E-state index in [-0.39, 0.29) is 23.7 Å². The van der Waals surface area contributed by atoms with Crippen LogP contribution in [0.25, 0.3) is 45.0 Å². The van der Waals surface area contributed by atoms with Crippen molar-refractivity contribution in [3.8, 4) is 22.5 Å². The van der Waals surface area contributed by atoms with Gasteiger partial charge in [-0.3, -0.25) is 9.97 Å². The Kier molecular flexibility index (Phi) is 11.2. The maximum atomic E-state index is 14.3. The highest BCUT2D eigenvalue weighted by Crippen LogP contribution is 2.44. The number of hydrogen-bond acceptors (Lipinski definition) is 8. The van der Waals surface area contributed by atoms with E-state index in [0.29, 0.717) is 33.3 Å². The number of aryl methyl sites for hydroxylation is 2. The number of nitrogens with one attached hydrogen (secondary N) is 1. The van der Waals surface area contributed by atoms with E-state index in [2.05, 4.69) is 30.5 Å². The molecule has 6 heterocycles. The van der Waals surface area contributed by atoms with Gasteiger partial charge in [0.05, 0.1) is 36.2 Å². The molecule has 65 heavy (non-hydrogen) atoms. The van der Waals surface area contributed by atoms with Crippen LogP contribution >= 0.6 is 11.6 Å². The minimum atomic E-state index is -0.407. The summed E-state index contributed by atoms with van der Waals surface area (Å²) in [4.78, 5) is 16.9. The first-order valence-electron chi connectivity index (χ1n) is 21.5. The van der Waals surface area contributed by atoms with E-state index in [1.54, 1.807) is 59.6 Å². The molecule has 6 aromatic heterocycles. The van der Waals surface area contributed by atoms with Gasteiger partial charge < -0.3 is 11.1 Å². The molecule has 0 radical (unpaired) electrons. The number of anilines is 1. The van der Waals surface area contributed by atoms with Crippen LogP contribution in [-0.4, -0.2) is 51.2 Å². The van der Waals surface area contributed by atoms with Crippen LogP contribution in [-0.2, 0) is 12.8 Å². The van der Waals surface area contributed by atoms with Gasteiger partial charge in [0.15, 0.2) is 11.3 Å². The van der Waals surface area contributed by atoms with Crippen LogP contribution in [0.4, 0.5) is 23.4 Å². The molecule has 2 aromatic carbocycles. The fourth-order valence-corrected chi connectivity index (χ4v) is 9.64. The smallest absolute Gasteiger partial charge is 0.160 e. The van der Waals surface area contributed by atoms with E-state index in [4.69, 9.17) is 22.3 Å². The summed E-state index contributed by atoms with van der Waals surface area (Å²) in [5.41, 5.74) is 20.8. The average Bonchev–Trinajstić information content (AvgIpc) is 4.08. The monoisotopic (exact) mass is 894 g/mol. The Labute approximate surface area is 377 Å². The predicted molar refractivity (Wildman–Crippen MR) is 244 cm³/mol. The highest BCUT2D eigenvalue weighted by molar-refractivity contribution is 6.30. The number of rotatable bonds is 4. The Hall–Kier alpha value is -6.77. The third kappa shape index (κ3) is 8.28. The Morgan fingerprint density at radius 3 is 1.78 bits per heavy atom. The van der Waals surface area contributed by atoms with E-state index in [9.17, 15) is 17.6 Å². The lowest BCUT2D eigenvalue weighted by molar-refractivity contribution is 0.595. The molecular formula is C50H43ClF4N10. The molecule has 10 nitrogen and oxygen atoms in total. The molecule has 0 amide bonds. The minimum Gasteiger partial charge on any atom is -0.367 e. The number of benzene rings is 2. The van der Waals surface area contributed by atoms with Gasteiger partial charge in [0.25, 0.3) is 0 Å². The first kappa shape index (κ1) is 42.2. The predicted octanol–water partition coefficient (Wildman–Crippen LogP) is 10.9. The van der Waals surface area contributed by atoms with Crippen molar-refractivity contribution in [2.75, 3.05) is 5.32 Å². The molecule has 3 N–H and O–H groups in total. The summed E-state index contributed by atoms with van der Waals surface area (Å²) in [6.45, 7) is 3.84. The Morgan fingerprint density at radius 1 is 0.646 bits per heavy atom. The maximum absolute atomic E-state index is 14.3. The molecule has 0 aliphatic heterocycles. The molecular weight excluding hydrogens is 852 g/mol. The van der Waals surface area contributed by atoms with Crippen LogP contribution in [0, 0.1) is 37.1 Å². The van der Waals surface area contributed by atoms with Crippen LogP contribution in [0.2, 0.25) is 5.15 Å². The van der Waals surface area contributed by atoms with E-state index < -0.39 is 11.6 Å². The van der Waals surface area contributed by atoms with Gasteiger partial charge in [0.1, 0.15) is 34.2 Å². The molecule has 2 atom stereocenters. The average molecular weight is 895 g/mol. The standard InChI is InChI=1S/C25H21F2N5.C13H14FN.C12H8ClFN4/c1-14-11-29-32-24(10-23(31-25(14)32)16-7-17(26)13-28-12-16)30-18-6-5-15-8-21-19(20(15)9-18)3-2-4-22(21)27;14-13-3-1-2-10-11-7-9(15)5-4-8(11)6-12(10)13;1-7-4-16-18-11(13)3-10(17-12(7)18)8-2-9(14)6-15-5-8/h2-4,7,10-13,18,30H,5-6,8-9H2,1H3;1-3,9H,4-7,15H2;2-6H,1H3/t18-;9-;/m11./s1. The molecule has 0 unspecified atom stereocenters. The van der Waals surface area contributed by atoms with Crippen molar-refractivity contribution >= 4 is 39.9 Å². The van der Waals surface area contributed by atoms with Gasteiger partial charge >= 0.3 is 0 Å². The van der Waals surface area contributed by atoms with Crippen LogP contribution in [0.1, 0.15) is 71.9 Å². The maximum Gasteiger partial charge on any atom is 0.160 e. The third-order valence-electron chi connectivity index (χ3n) is 12.7. The lowest BCUT2D eigenvalue weighted by atomic mass is 9.88. The molecule has 4 aliphatic carbocycles. The second-order valence-electron chi connectivity index (χ2n) is 17.0. The summed E-state index contributed by atoms with van der Waals surface area (Å²) in [6.07, 6.45) is 16.2. The molecule has 12 rings (SSSR count). The lowest BCUT2D eigenvalue weighted by Crippen LogP contribution is -2.24. The van der Waals surface area contributed by atoms with Crippen molar-refractivity contribution in [2.45, 2.75) is 77.3 Å². The van der Waals surface area contributed by atoms with Crippen molar-refractivity contribution in [2.24, 2.45) is 5.73 Å². The normalized spacial score (nSPS) is 17.2. The van der Waals surface area contributed by atoms with E-state index in [1.165, 1.54) is 45.1 Å². The number of halogens is 5. The SMILES string of the molecule is Cc1cnn2c(Cl)cc(-c3cncc(F)c3)nc12.Cc1cnn2c(N[C@@H]3CCC4=C(C3)c3cccc(F)c3C4)cc(-c3cncc(F)c3)nc12.N[C@@H]1CCC2=C(C1)c1cccc(F)c1C2. The second-order valence-corrected chi connectivity index (χ2v) is 17.4. The molecule has 0 bridgehead atoms. The molecule has 328 valence electrons. The molecule has 0 spiro atoms. The van der Waals surface area contributed by atoms with Crippen molar-refractivity contribution < 1.29 is 17.6 Å². The van der Waals surface area contributed by atoms with Gasteiger partial charge in [-0.2, -0.15) is 14.7 Å². The number of allylic oxidation sites excluding steroid dienone is 2. The van der Waals surface area contributed by atoms with Crippen LogP contribution in [0.3, 0.4) is 0 Å². The number of pyridine rings is 2. The van der Waals surface area contributed by atoms with Gasteiger partial charge in [0.2, 0.25) is 0 Å². The van der Waals surface area contributed by atoms with Crippen LogP contribution < -0.4 is 11.1 Å². The quantitative estimate of drug-likeness (QED) is 0.132. The first-order valence-corrected chi connectivity index (χ1v) is 21.9. The molecule has 15 heteroatoms. The van der Waals surface area contributed by atoms with Gasteiger partial charge in [-0.25, -0.2) is 32.0 Å². The molecule has 0 saturated carbocycles. The number of nitrogens with zero attached hydrogens (tertiary/aromatic N) is 8. The zero-order valence-electron chi connectivity index (χ0n) is 35.6. The summed E-state index contributed by atoms with van der Waals surface area (Å²) in [5.74, 6) is -0.180. The Morgan fingerprint density at radius 2 is 1.18 bits per heavy atom. The first-order chi connectivity index (χ1) is 31.5. The van der Waals surface area contributed by atoms with Crippen molar-refractivity contribution in [1.82, 2.24) is 39.2 Å². The van der Waals surface area contributed by atoms with Crippen molar-refractivity contribution in [3.63, 3.8) is 0 Å². The summed E-state index contributed by atoms with van der Waals surface area (Å²) in [6, 6.07) is 17.5. The second kappa shape index (κ2) is 17.3. The number of hydrogen-bond donors (Lipinski definition) is 2. The minimum absolute atomic E-state index is 0.0597. The molecule has 8 aromatic rings. The zero-order chi connectivity index (χ0) is 44.9. The lowest BCUT2D eigenvalue weighted by Gasteiger charge is -2.26. The van der Waals surface area contributed by atoms with Gasteiger partial charge in [-0.1, -0.05) is 47.0 Å². The Balaban J connectivity index is 0.000000127. The summed E-state index contributed by atoms with van der Waals surface area (Å²) in [5, 5.41) is 12.7. The summed E-state index contributed by atoms with van der Waals surface area (Å²) < 4.78 is 58.1. The number of fused-ring (bicyclic) bond motifs is 6. The highest BCUT2D eigenvalue weighted by atomic mass is 35.5. The molecule has 0 fully saturated rings. The summed E-state index contributed by atoms with van der Waals surface area (Å²) in [7, 11) is 0. The van der Waals surface area contributed by atoms with Gasteiger partial charge in [0, 0.05) is 58.9 Å². The summed E-state index contributed by atoms with van der Waals surface area (Å²) >= 11 is 6.11. The van der Waals surface area contributed by atoms with E-state index >= 15 is 0 Å². The van der Waals surface area contributed by atoms with E-state index in [0.717, 1.165) is 102 Å². The van der Waals surface area contributed by atoms with Crippen molar-refractivity contribution in [3.05, 3.63) is 171 Å². The van der Waals surface area contributed by atoms with Gasteiger partial charge in [-0.15, -0.1) is 0 Å². The fourth-order valence-electron chi connectivity index (χ4n) is 9.41. The van der Waals surface area contributed by atoms with Gasteiger partial charge in [-0.05, 0) is 123 Å². The Bertz CT molecular complexity index is 3230. The largest absolute Gasteiger partial charge is 0.367 e. The molecule has 0 saturated heterocycles. The van der Waals surface area contributed by atoms with Crippen LogP contribution in [0.15, 0.2) is 109 Å². The number of nitrogens with two attached hydrogens (primary N) is 1. The number of aromatic nitrogens is 8. The topological polar surface area (TPSA) is 124 Å². The van der Waals surface area contributed by atoms with Crippen LogP contribution in [0.5, 0.6) is 0 Å². The fraction of sp³-hybridized carbons (Fsp3) is 0.240. The van der Waals surface area contributed by atoms with E-state index in [1.807, 2.05) is 32.0 Å². The zero-order valence-corrected chi connectivity index (χ0v) is 36.3. The van der Waals surface area contributed by atoms with Crippen molar-refractivity contribution in [1.29, 1.82) is 0 Å². The molecule has 4 aliphatic rings. The third-order valence-corrected chi connectivity index (χ3v) is 12.9.